The first-order valence-electron chi connectivity index (χ1n) is 38.4. The van der Waals surface area contributed by atoms with Crippen LogP contribution < -0.4 is 32.2 Å². The van der Waals surface area contributed by atoms with Gasteiger partial charge in [-0.2, -0.15) is 0 Å². The van der Waals surface area contributed by atoms with Crippen LogP contribution in [0.2, 0.25) is 0 Å². The second-order valence-electron chi connectivity index (χ2n) is 30.2. The van der Waals surface area contributed by atoms with Crippen molar-refractivity contribution in [3.63, 3.8) is 0 Å². The molecule has 5 heterocycles. The summed E-state index contributed by atoms with van der Waals surface area (Å²) < 4.78 is 157. The molecule has 9 rings (SSSR count). The number of esters is 11. The summed E-state index contributed by atoms with van der Waals surface area (Å²) in [4.78, 5) is 181. The summed E-state index contributed by atoms with van der Waals surface area (Å²) in [5.41, 5.74) is 7.53. The van der Waals surface area contributed by atoms with Crippen LogP contribution in [-0.2, 0) is 139 Å². The highest BCUT2D eigenvalue weighted by atomic mass is 35.5. The van der Waals surface area contributed by atoms with E-state index in [0.29, 0.717) is 5.56 Å². The maximum Gasteiger partial charge on any atom is 0.501 e. The van der Waals surface area contributed by atoms with Crippen molar-refractivity contribution in [1.29, 1.82) is 0 Å². The molecule has 5 aromatic rings. The van der Waals surface area contributed by atoms with Crippen LogP contribution in [0.5, 0.6) is 34.5 Å². The summed E-state index contributed by atoms with van der Waals surface area (Å²) in [5.74, 6) is -16.0. The number of halogens is 1. The molecule has 3 fully saturated rings. The first kappa shape index (κ1) is 96.8. The predicted molar refractivity (Wildman–Crippen MR) is 424 cm³/mol. The Bertz CT molecular complexity index is 5110. The highest BCUT2D eigenvalue weighted by Crippen LogP contribution is 2.49. The summed E-state index contributed by atoms with van der Waals surface area (Å²) in [6, 6.07) is 13.1. The van der Waals surface area contributed by atoms with E-state index in [1.54, 1.807) is 40.7 Å². The summed E-state index contributed by atoms with van der Waals surface area (Å²) in [6.07, 6.45) is -28.4. The Morgan fingerprint density at radius 1 is 0.568 bits per heavy atom. The monoisotopic (exact) mass is 1800 g/mol. The van der Waals surface area contributed by atoms with E-state index in [-0.39, 0.29) is 94.7 Å². The van der Waals surface area contributed by atoms with E-state index in [0.717, 1.165) is 88.7 Å². The standard InChI is InChI=1S/C80H95ClN6O37S/c1-19-107-56-26-46-24-52(83-51(46)28-57(56)119-77-70(116-43(9)95)62(110-37(3)89)61(109-36(2)88)59(120-77)32-108-76-69(115-42(8)94)65(113-40(6)92)63(111-38(4)90)67(121-76)74(99)104-17)73(98)87-31-47(30-81)60-50-27-48(103-16)21-22-49(50)55(29-53(60)87)123-125(101,102)124-58-25-45(72(97)86(15)33-79(11,12)34-106-35-80(13,14)84-85-82)20-23-54(58)118-78-71(117-44(10)96)66(114-41(7)93)64(112-39(5)91)68(122-78)75(100)105-18/h20-29,47,59,61-71,76-78,83H,19,30-35H2,1-18H3/t47-,59-,61+,62+,63+,64+,65+,66+,67?,68+,69-,70-,71-,76-,77-,78-/m1/s1. The minimum Gasteiger partial charge on any atom is -0.497 e. The third kappa shape index (κ3) is 24.1. The van der Waals surface area contributed by atoms with Gasteiger partial charge in [0.2, 0.25) is 24.8 Å². The third-order valence-electron chi connectivity index (χ3n) is 19.0. The molecule has 4 aliphatic heterocycles. The molecule has 16 atom stereocenters. The predicted octanol–water partition coefficient (Wildman–Crippen LogP) is 6.30. The number of nitrogens with zero attached hydrogens (tertiary/aromatic N) is 5. The summed E-state index contributed by atoms with van der Waals surface area (Å²) >= 11 is 6.79. The molecule has 43 nitrogen and oxygen atoms in total. The molecular weight excluding hydrogens is 1700 g/mol. The molecule has 0 aliphatic carbocycles. The number of amides is 2. The first-order valence-corrected chi connectivity index (χ1v) is 40.3. The molecule has 45 heteroatoms. The Labute approximate surface area is 719 Å². The van der Waals surface area contributed by atoms with Crippen molar-refractivity contribution < 1.29 is 174 Å². The number of rotatable bonds is 35. The van der Waals surface area contributed by atoms with E-state index < -0.39 is 221 Å². The molecule has 3 saturated heterocycles. The number of hydrogen-bond donors (Lipinski definition) is 1. The van der Waals surface area contributed by atoms with E-state index in [9.17, 15) is 57.5 Å². The summed E-state index contributed by atoms with van der Waals surface area (Å²) in [5, 5.41) is 4.36. The van der Waals surface area contributed by atoms with Gasteiger partial charge in [0.05, 0.1) is 59.0 Å². The van der Waals surface area contributed by atoms with Crippen LogP contribution in [0.3, 0.4) is 0 Å². The van der Waals surface area contributed by atoms with Gasteiger partial charge < -0.3 is 118 Å². The fourth-order valence-corrected chi connectivity index (χ4v) is 15.4. The molecule has 4 aliphatic rings. The molecule has 1 unspecified atom stereocenters. The van der Waals surface area contributed by atoms with Crippen molar-refractivity contribution in [1.82, 2.24) is 9.88 Å². The molecular formula is C80H95ClN6O37S. The van der Waals surface area contributed by atoms with Gasteiger partial charge in [0.1, 0.15) is 17.5 Å². The minimum atomic E-state index is -5.62. The lowest BCUT2D eigenvalue weighted by atomic mass is 9.93. The van der Waals surface area contributed by atoms with E-state index in [4.69, 9.17) is 120 Å². The van der Waals surface area contributed by atoms with Crippen LogP contribution in [0.25, 0.3) is 32.1 Å². The van der Waals surface area contributed by atoms with E-state index in [2.05, 4.69) is 15.0 Å². The number of carbonyl (C=O) groups is 13. The molecule has 2 amide bonds. The third-order valence-corrected chi connectivity index (χ3v) is 20.1. The molecule has 1 N–H and O–H groups in total. The maximum absolute atomic E-state index is 15.6. The van der Waals surface area contributed by atoms with Crippen LogP contribution in [0.15, 0.2) is 65.8 Å². The van der Waals surface area contributed by atoms with Crippen LogP contribution in [0.1, 0.15) is 129 Å². The Morgan fingerprint density at radius 3 is 1.58 bits per heavy atom. The first-order chi connectivity index (χ1) is 58.8. The quantitative estimate of drug-likeness (QED) is 0.0116. The lowest BCUT2D eigenvalue weighted by Gasteiger charge is -2.46. The lowest BCUT2D eigenvalue weighted by Crippen LogP contribution is -2.65. The number of aromatic amines is 1. The Morgan fingerprint density at radius 2 is 1.06 bits per heavy atom. The SMILES string of the molecule is CCOc1cc2cc(C(=O)N3C[C@@H](CCl)c4c3cc(OS(=O)(=O)Oc3cc(C(=O)N(C)CC(C)(C)COCC(C)(C)N=[N+]=[N-])ccc3O[C@@H]3O[C@H](C(=O)OC)[C@@H](OC(C)=O)[C@H](OC(C)=O)[C@H]3OC(C)=O)c3ccc(OC)cc43)[nH]c2cc1O[C@@H]1O[C@H](CO[C@@H]2OC(C(=O)OC)[C@@H](OC(C)=O)[C@H](OC(C)=O)[C@H]2OC(C)=O)[C@H](OC(C)=O)[C@H](OC(C)=O)[C@H]1OC(C)=O. The Balaban J connectivity index is 1.10. The molecule has 4 aromatic carbocycles. The molecule has 0 bridgehead atoms. The number of fused-ring (bicyclic) bond motifs is 4. The van der Waals surface area contributed by atoms with Crippen molar-refractivity contribution in [2.45, 2.75) is 201 Å². The second kappa shape index (κ2) is 41.2. The van der Waals surface area contributed by atoms with Crippen LogP contribution in [-0.4, -0.2) is 267 Å². The van der Waals surface area contributed by atoms with Gasteiger partial charge >= 0.3 is 76.1 Å². The number of nitrogens with one attached hydrogen (secondary N) is 1. The van der Waals surface area contributed by atoms with Gasteiger partial charge in [0, 0.05) is 139 Å². The molecule has 0 spiro atoms. The highest BCUT2D eigenvalue weighted by Gasteiger charge is 2.59. The van der Waals surface area contributed by atoms with Crippen molar-refractivity contribution in [3.8, 4) is 34.5 Å². The normalized spacial score (nSPS) is 23.4. The number of methoxy groups -OCH3 is 3. The van der Waals surface area contributed by atoms with Crippen LogP contribution >= 0.6 is 11.6 Å². The zero-order chi connectivity index (χ0) is 92.2. The van der Waals surface area contributed by atoms with E-state index in [1.165, 1.54) is 66.4 Å². The fraction of sp³-hybridized carbons (Fsp3) is 0.537. The lowest BCUT2D eigenvalue weighted by molar-refractivity contribution is -0.323. The minimum absolute atomic E-state index is 0.00655. The van der Waals surface area contributed by atoms with Gasteiger partial charge in [-0.25, -0.2) is 9.59 Å². The zero-order valence-corrected chi connectivity index (χ0v) is 72.7. The number of benzene rings is 4. The van der Waals surface area contributed by atoms with Gasteiger partial charge in [-0.15, -0.1) is 20.0 Å². The summed E-state index contributed by atoms with van der Waals surface area (Å²) in [7, 11) is -0.910. The topological polar surface area (TPSA) is 530 Å². The van der Waals surface area contributed by atoms with Crippen molar-refractivity contribution in [2.75, 3.05) is 78.7 Å². The Kier molecular flexibility index (Phi) is 31.9. The summed E-state index contributed by atoms with van der Waals surface area (Å²) in [6.45, 7) is 16.2. The molecule has 125 heavy (non-hydrogen) atoms. The number of carbonyl (C=O) groups excluding carboxylic acids is 13. The van der Waals surface area contributed by atoms with Gasteiger partial charge in [0.25, 0.3) is 11.8 Å². The molecule has 0 saturated carbocycles. The highest BCUT2D eigenvalue weighted by molar-refractivity contribution is 7.82. The number of anilines is 1. The smallest absolute Gasteiger partial charge is 0.497 e. The van der Waals surface area contributed by atoms with Crippen LogP contribution in [0, 0.1) is 5.41 Å². The largest absolute Gasteiger partial charge is 0.501 e. The Hall–Kier alpha value is -12.1. The van der Waals surface area contributed by atoms with E-state index in [1.807, 2.05) is 0 Å². The number of H-pyrrole nitrogens is 1. The second-order valence-corrected chi connectivity index (χ2v) is 31.7. The fourth-order valence-electron chi connectivity index (χ4n) is 14.4. The number of ether oxygens (including phenoxy) is 20. The molecule has 0 radical (unpaired) electrons. The average molecular weight is 1800 g/mol. The van der Waals surface area contributed by atoms with Crippen LogP contribution in [0.4, 0.5) is 5.69 Å². The number of azide groups is 1. The van der Waals surface area contributed by atoms with Gasteiger partial charge in [-0.05, 0) is 71.9 Å². The number of alkyl halides is 1. The van der Waals surface area contributed by atoms with Crippen molar-refractivity contribution in [2.24, 2.45) is 10.5 Å². The maximum atomic E-state index is 15.6. The molecule has 1 aromatic heterocycles. The molecule has 680 valence electrons. The van der Waals surface area contributed by atoms with Gasteiger partial charge in [-0.1, -0.05) is 32.8 Å². The average Bonchev–Trinajstić information content (AvgIpc) is 1.57. The number of aromatic nitrogens is 1. The van der Waals surface area contributed by atoms with Crippen molar-refractivity contribution >= 4 is 127 Å². The number of hydrogen-bond acceptors (Lipinski definition) is 38. The van der Waals surface area contributed by atoms with E-state index >= 15 is 13.2 Å². The van der Waals surface area contributed by atoms with Gasteiger partial charge in [0.15, 0.2) is 90.0 Å². The zero-order valence-electron chi connectivity index (χ0n) is 71.1. The van der Waals surface area contributed by atoms with Gasteiger partial charge in [-0.3, -0.25) is 52.7 Å². The van der Waals surface area contributed by atoms with Crippen molar-refractivity contribution in [3.05, 3.63) is 87.9 Å².